The molecule has 0 aliphatic heterocycles. The van der Waals surface area contributed by atoms with Gasteiger partial charge in [0.05, 0.1) is 0 Å². The highest BCUT2D eigenvalue weighted by atomic mass is 16.4. The maximum atomic E-state index is 10.4. The summed E-state index contributed by atoms with van der Waals surface area (Å²) in [6.45, 7) is 24.2. The normalized spacial score (nSPS) is 13.5. The van der Waals surface area contributed by atoms with Gasteiger partial charge in [0.15, 0.2) is 12.2 Å². The minimum absolute atomic E-state index is 0.214. The Bertz CT molecular complexity index is 1660. The van der Waals surface area contributed by atoms with Crippen LogP contribution in [0.1, 0.15) is 113 Å². The Hall–Kier alpha value is -4.74. The summed E-state index contributed by atoms with van der Waals surface area (Å²) in [5.41, 5.74) is 6.99. The Kier molecular flexibility index (Phi) is 20.7. The Morgan fingerprint density at radius 3 is 1.05 bits per heavy atom. The van der Waals surface area contributed by atoms with Crippen LogP contribution in [0.3, 0.4) is 0 Å². The second kappa shape index (κ2) is 24.2. The van der Waals surface area contributed by atoms with Gasteiger partial charge in [0.1, 0.15) is 11.5 Å². The number of nitrogens with zero attached hydrogens (tertiary/aromatic N) is 2. The molecule has 0 saturated carbocycles. The average molecular weight is 801 g/mol. The van der Waals surface area contributed by atoms with Crippen molar-refractivity contribution in [3.63, 3.8) is 0 Å². The van der Waals surface area contributed by atoms with E-state index in [9.17, 15) is 19.8 Å². The second-order valence-electron chi connectivity index (χ2n) is 16.0. The molecule has 0 bridgehead atoms. The van der Waals surface area contributed by atoms with Crippen molar-refractivity contribution in [3.8, 4) is 11.5 Å². The number of hydrogen-bond donors (Lipinski definition) is 6. The van der Waals surface area contributed by atoms with Gasteiger partial charge in [-0.3, -0.25) is 9.80 Å². The molecule has 4 rings (SSSR count). The largest absolute Gasteiger partial charge is 0.508 e. The molecule has 10 nitrogen and oxygen atoms in total. The first-order chi connectivity index (χ1) is 27.3. The number of carboxylic acids is 2. The SMILES string of the molecule is Cc1ccc(O)c([C@H](CCN(C(C)C)C(C)C)c2ccccc2)c1.Cc1ccc(O)c([C@H](CCN(C(C)C)C(C)C)c2ccccc2)c1.O=C(O)C(O)C(O)C(=O)O. The number of aliphatic carboxylic acids is 2. The molecule has 4 atom stereocenters. The van der Waals surface area contributed by atoms with Gasteiger partial charge in [0.25, 0.3) is 0 Å². The highest BCUT2D eigenvalue weighted by molar-refractivity contribution is 5.83. The van der Waals surface area contributed by atoms with Gasteiger partial charge >= 0.3 is 11.9 Å². The van der Waals surface area contributed by atoms with E-state index >= 15 is 0 Å². The number of hydrogen-bond acceptors (Lipinski definition) is 8. The van der Waals surface area contributed by atoms with E-state index in [4.69, 9.17) is 20.4 Å². The van der Waals surface area contributed by atoms with E-state index in [-0.39, 0.29) is 11.8 Å². The molecule has 0 amide bonds. The summed E-state index contributed by atoms with van der Waals surface area (Å²) in [5.74, 6) is -2.31. The Labute approximate surface area is 346 Å². The highest BCUT2D eigenvalue weighted by Crippen LogP contribution is 2.36. The van der Waals surface area contributed by atoms with Crippen LogP contribution in [0.5, 0.6) is 11.5 Å². The molecule has 6 N–H and O–H groups in total. The van der Waals surface area contributed by atoms with Crippen LogP contribution >= 0.6 is 0 Å². The molecule has 0 fully saturated rings. The maximum Gasteiger partial charge on any atom is 0.335 e. The van der Waals surface area contributed by atoms with Gasteiger partial charge in [-0.2, -0.15) is 0 Å². The summed E-state index contributed by atoms with van der Waals surface area (Å²) in [4.78, 5) is 24.6. The van der Waals surface area contributed by atoms with Gasteiger partial charge in [-0.1, -0.05) is 96.1 Å². The molecular weight excluding hydrogens is 733 g/mol. The molecule has 10 heteroatoms. The predicted molar refractivity (Wildman–Crippen MR) is 233 cm³/mol. The first-order valence-electron chi connectivity index (χ1n) is 20.3. The first kappa shape index (κ1) is 49.4. The molecule has 2 unspecified atom stereocenters. The number of carbonyl (C=O) groups is 2. The van der Waals surface area contributed by atoms with Crippen LogP contribution in [-0.2, 0) is 9.59 Å². The Morgan fingerprint density at radius 2 is 0.793 bits per heavy atom. The summed E-state index contributed by atoms with van der Waals surface area (Å²) in [7, 11) is 0. The predicted octanol–water partition coefficient (Wildman–Crippen LogP) is 8.56. The van der Waals surface area contributed by atoms with Crippen LogP contribution in [0.2, 0.25) is 0 Å². The average Bonchev–Trinajstić information content (AvgIpc) is 3.17. The van der Waals surface area contributed by atoms with Crippen molar-refractivity contribution in [2.75, 3.05) is 13.1 Å². The van der Waals surface area contributed by atoms with E-state index in [0.717, 1.165) is 37.1 Å². The van der Waals surface area contributed by atoms with E-state index in [1.165, 1.54) is 22.3 Å². The van der Waals surface area contributed by atoms with Crippen LogP contribution in [0.25, 0.3) is 0 Å². The van der Waals surface area contributed by atoms with Crippen molar-refractivity contribution >= 4 is 11.9 Å². The zero-order chi connectivity index (χ0) is 43.7. The van der Waals surface area contributed by atoms with Crippen LogP contribution in [0.15, 0.2) is 97.1 Å². The van der Waals surface area contributed by atoms with Gasteiger partial charge in [0, 0.05) is 47.1 Å². The molecule has 0 aliphatic rings. The lowest BCUT2D eigenvalue weighted by molar-refractivity contribution is -0.165. The third kappa shape index (κ3) is 15.5. The number of phenolic OH excluding ortho intramolecular Hbond substituents is 2. The van der Waals surface area contributed by atoms with Gasteiger partial charge in [-0.05, 0) is 118 Å². The quantitative estimate of drug-likeness (QED) is 0.0610. The number of phenols is 2. The summed E-state index contributed by atoms with van der Waals surface area (Å²) >= 11 is 0. The molecule has 0 saturated heterocycles. The minimum atomic E-state index is -2.27. The fourth-order valence-electron chi connectivity index (χ4n) is 7.33. The molecule has 58 heavy (non-hydrogen) atoms. The molecule has 318 valence electrons. The second-order valence-corrected chi connectivity index (χ2v) is 16.0. The zero-order valence-electron chi connectivity index (χ0n) is 36.1. The lowest BCUT2D eigenvalue weighted by Crippen LogP contribution is -2.39. The fourth-order valence-corrected chi connectivity index (χ4v) is 7.33. The third-order valence-electron chi connectivity index (χ3n) is 10.3. The zero-order valence-corrected chi connectivity index (χ0v) is 36.1. The van der Waals surface area contributed by atoms with Crippen LogP contribution in [-0.4, -0.2) is 102 Å². The monoisotopic (exact) mass is 800 g/mol. The summed E-state index contributed by atoms with van der Waals surface area (Å²) in [6, 6.07) is 35.0. The molecule has 0 heterocycles. The smallest absolute Gasteiger partial charge is 0.335 e. The van der Waals surface area contributed by atoms with Crippen molar-refractivity contribution in [2.24, 2.45) is 0 Å². The van der Waals surface area contributed by atoms with E-state index in [2.05, 4.69) is 140 Å². The number of aromatic hydroxyl groups is 2. The number of rotatable bonds is 17. The number of aliphatic hydroxyl groups is 2. The van der Waals surface area contributed by atoms with E-state index in [1.54, 1.807) is 0 Å². The summed E-state index contributed by atoms with van der Waals surface area (Å²) < 4.78 is 0. The van der Waals surface area contributed by atoms with Gasteiger partial charge in [0.2, 0.25) is 0 Å². The molecule has 4 aromatic rings. The molecular formula is C48H68N2O8. The van der Waals surface area contributed by atoms with Crippen LogP contribution in [0, 0.1) is 13.8 Å². The fraction of sp³-hybridized carbons (Fsp3) is 0.458. The summed E-state index contributed by atoms with van der Waals surface area (Å²) in [6.07, 6.45) is -2.54. The van der Waals surface area contributed by atoms with Gasteiger partial charge < -0.3 is 30.6 Å². The number of benzene rings is 4. The molecule has 0 aliphatic carbocycles. The molecule has 0 aromatic heterocycles. The van der Waals surface area contributed by atoms with Crippen LogP contribution < -0.4 is 0 Å². The maximum absolute atomic E-state index is 10.4. The van der Waals surface area contributed by atoms with Crippen molar-refractivity contribution in [1.29, 1.82) is 0 Å². The number of aliphatic hydroxyl groups excluding tert-OH is 2. The Morgan fingerprint density at radius 1 is 0.500 bits per heavy atom. The van der Waals surface area contributed by atoms with Crippen molar-refractivity contribution < 1.29 is 40.2 Å². The first-order valence-corrected chi connectivity index (χ1v) is 20.3. The molecule has 0 radical (unpaired) electrons. The number of aryl methyl sites for hydroxylation is 2. The van der Waals surface area contributed by atoms with Crippen LogP contribution in [0.4, 0.5) is 0 Å². The lowest BCUT2D eigenvalue weighted by atomic mass is 9.87. The molecule has 4 aromatic carbocycles. The van der Waals surface area contributed by atoms with Gasteiger partial charge in [-0.15, -0.1) is 0 Å². The van der Waals surface area contributed by atoms with Crippen molar-refractivity contribution in [1.82, 2.24) is 9.80 Å². The highest BCUT2D eigenvalue weighted by Gasteiger charge is 2.29. The standard InChI is InChI=1S/2C22H31NO.C4H6O6/c2*1-16(2)23(17(3)4)14-13-20(19-9-7-6-8-10-19)21-15-18(5)11-12-22(21)24;5-1(3(7)8)2(6)4(9)10/h2*6-12,15-17,20,24H,13-14H2,1-5H3;1-2,5-6H,(H,7,8)(H,9,10)/t2*20-;/m11./s1. The topological polar surface area (TPSA) is 162 Å². The Balaban J connectivity index is 0.000000326. The van der Waals surface area contributed by atoms with E-state index < -0.39 is 24.1 Å². The van der Waals surface area contributed by atoms with Crippen molar-refractivity contribution in [3.05, 3.63) is 130 Å². The number of carboxylic acid groups (broad SMARTS) is 2. The van der Waals surface area contributed by atoms with Gasteiger partial charge in [-0.25, -0.2) is 9.59 Å². The summed E-state index contributed by atoms with van der Waals surface area (Å²) in [5, 5.41) is 53.4. The van der Waals surface area contributed by atoms with E-state index in [1.807, 2.05) is 36.4 Å². The third-order valence-corrected chi connectivity index (χ3v) is 10.3. The minimum Gasteiger partial charge on any atom is -0.508 e. The van der Waals surface area contributed by atoms with E-state index in [0.29, 0.717) is 35.7 Å². The van der Waals surface area contributed by atoms with Crippen molar-refractivity contribution in [2.45, 2.75) is 130 Å². The molecule has 0 spiro atoms. The lowest BCUT2D eigenvalue weighted by Gasteiger charge is -2.32.